The van der Waals surface area contributed by atoms with Crippen LogP contribution in [0.15, 0.2) is 29.3 Å². The Balaban J connectivity index is 1.88. The van der Waals surface area contributed by atoms with Crippen LogP contribution in [0.4, 0.5) is 5.82 Å². The third-order valence-electron chi connectivity index (χ3n) is 4.02. The highest BCUT2D eigenvalue weighted by Crippen LogP contribution is 2.34. The minimum atomic E-state index is 0.346. The summed E-state index contributed by atoms with van der Waals surface area (Å²) in [5.74, 6) is 0.454. The van der Waals surface area contributed by atoms with Gasteiger partial charge in [0.15, 0.2) is 5.82 Å². The van der Waals surface area contributed by atoms with Gasteiger partial charge in [-0.15, -0.1) is 0 Å². The SMILES string of the molecule is Nc1ncnn2c(Br)cc(-c3ccnn3C3CCOCC3)c12. The molecule has 0 spiro atoms. The van der Waals surface area contributed by atoms with Gasteiger partial charge in [-0.2, -0.15) is 10.2 Å². The van der Waals surface area contributed by atoms with Crippen LogP contribution in [-0.4, -0.2) is 37.6 Å². The molecule has 4 heterocycles. The zero-order valence-corrected chi connectivity index (χ0v) is 13.4. The lowest BCUT2D eigenvalue weighted by molar-refractivity contribution is 0.0667. The molecular weight excluding hydrogens is 348 g/mol. The molecule has 0 aromatic carbocycles. The maximum Gasteiger partial charge on any atom is 0.152 e. The van der Waals surface area contributed by atoms with Gasteiger partial charge in [0.2, 0.25) is 0 Å². The second kappa shape index (κ2) is 5.36. The zero-order valence-electron chi connectivity index (χ0n) is 11.8. The molecule has 0 radical (unpaired) electrons. The Hall–Kier alpha value is -1.93. The van der Waals surface area contributed by atoms with Crippen molar-refractivity contribution in [2.75, 3.05) is 18.9 Å². The zero-order chi connectivity index (χ0) is 15.1. The molecule has 0 saturated carbocycles. The van der Waals surface area contributed by atoms with Gasteiger partial charge in [0.25, 0.3) is 0 Å². The van der Waals surface area contributed by atoms with Crippen LogP contribution in [0.3, 0.4) is 0 Å². The number of aromatic nitrogens is 5. The predicted molar refractivity (Wildman–Crippen MR) is 85.4 cm³/mol. The first kappa shape index (κ1) is 13.7. The minimum absolute atomic E-state index is 0.346. The number of anilines is 1. The average Bonchev–Trinajstić information content (AvgIpc) is 3.14. The van der Waals surface area contributed by atoms with Gasteiger partial charge < -0.3 is 10.5 Å². The number of nitrogen functional groups attached to an aromatic ring is 1. The Labute approximate surface area is 135 Å². The minimum Gasteiger partial charge on any atom is -0.382 e. The fourth-order valence-electron chi connectivity index (χ4n) is 2.97. The standard InChI is InChI=1S/C14H15BrN6O/c15-12-7-10(13-14(16)17-8-19-21(12)13)11-1-4-18-20(11)9-2-5-22-6-3-9/h1,4,7-9H,2-3,5-6H2,(H2,16,17,19). The summed E-state index contributed by atoms with van der Waals surface area (Å²) in [5.41, 5.74) is 8.86. The molecule has 0 amide bonds. The highest BCUT2D eigenvalue weighted by atomic mass is 79.9. The Kier molecular flexibility index (Phi) is 3.34. The molecule has 0 atom stereocenters. The smallest absolute Gasteiger partial charge is 0.152 e. The molecule has 114 valence electrons. The van der Waals surface area contributed by atoms with Crippen LogP contribution in [-0.2, 0) is 4.74 Å². The van der Waals surface area contributed by atoms with E-state index < -0.39 is 0 Å². The Morgan fingerprint density at radius 2 is 2.09 bits per heavy atom. The molecule has 0 bridgehead atoms. The molecule has 4 rings (SSSR count). The first-order chi connectivity index (χ1) is 10.8. The summed E-state index contributed by atoms with van der Waals surface area (Å²) in [5, 5.41) is 8.76. The molecular formula is C14H15BrN6O. The largest absolute Gasteiger partial charge is 0.382 e. The number of fused-ring (bicyclic) bond motifs is 1. The first-order valence-corrected chi connectivity index (χ1v) is 7.94. The number of halogens is 1. The second-order valence-electron chi connectivity index (χ2n) is 5.29. The van der Waals surface area contributed by atoms with Crippen LogP contribution in [0.1, 0.15) is 18.9 Å². The fourth-order valence-corrected chi connectivity index (χ4v) is 3.47. The quantitative estimate of drug-likeness (QED) is 0.755. The number of hydrogen-bond donors (Lipinski definition) is 1. The molecule has 1 fully saturated rings. The first-order valence-electron chi connectivity index (χ1n) is 7.15. The van der Waals surface area contributed by atoms with Crippen molar-refractivity contribution in [1.82, 2.24) is 24.4 Å². The number of nitrogens with zero attached hydrogens (tertiary/aromatic N) is 5. The summed E-state index contributed by atoms with van der Waals surface area (Å²) in [7, 11) is 0. The Bertz CT molecular complexity index is 820. The van der Waals surface area contributed by atoms with Crippen molar-refractivity contribution >= 4 is 27.3 Å². The summed E-state index contributed by atoms with van der Waals surface area (Å²) in [6.07, 6.45) is 5.20. The second-order valence-corrected chi connectivity index (χ2v) is 6.10. The Morgan fingerprint density at radius 3 is 2.91 bits per heavy atom. The monoisotopic (exact) mass is 362 g/mol. The molecule has 0 aliphatic carbocycles. The summed E-state index contributed by atoms with van der Waals surface area (Å²) in [6.45, 7) is 1.55. The van der Waals surface area contributed by atoms with Gasteiger partial charge in [-0.1, -0.05) is 0 Å². The molecule has 3 aromatic rings. The highest BCUT2D eigenvalue weighted by Gasteiger charge is 2.22. The Morgan fingerprint density at radius 1 is 1.27 bits per heavy atom. The van der Waals surface area contributed by atoms with Crippen molar-refractivity contribution in [3.8, 4) is 11.3 Å². The van der Waals surface area contributed by atoms with Gasteiger partial charge in [0.1, 0.15) is 16.4 Å². The highest BCUT2D eigenvalue weighted by molar-refractivity contribution is 9.10. The van der Waals surface area contributed by atoms with E-state index in [9.17, 15) is 0 Å². The maximum absolute atomic E-state index is 6.06. The topological polar surface area (TPSA) is 83.3 Å². The molecule has 22 heavy (non-hydrogen) atoms. The molecule has 2 N–H and O–H groups in total. The van der Waals surface area contributed by atoms with Crippen molar-refractivity contribution in [1.29, 1.82) is 0 Å². The van der Waals surface area contributed by atoms with Gasteiger partial charge in [0, 0.05) is 25.0 Å². The number of hydrogen-bond acceptors (Lipinski definition) is 5. The maximum atomic E-state index is 6.06. The lowest BCUT2D eigenvalue weighted by Gasteiger charge is -2.24. The van der Waals surface area contributed by atoms with Crippen LogP contribution in [0.5, 0.6) is 0 Å². The summed E-state index contributed by atoms with van der Waals surface area (Å²) in [6, 6.07) is 4.36. The van der Waals surface area contributed by atoms with Crippen molar-refractivity contribution in [2.45, 2.75) is 18.9 Å². The van der Waals surface area contributed by atoms with E-state index in [1.807, 2.05) is 18.3 Å². The van der Waals surface area contributed by atoms with E-state index in [1.165, 1.54) is 6.33 Å². The molecule has 1 saturated heterocycles. The normalized spacial score (nSPS) is 16.4. The third kappa shape index (κ3) is 2.10. The van der Waals surface area contributed by atoms with Crippen molar-refractivity contribution in [2.24, 2.45) is 0 Å². The van der Waals surface area contributed by atoms with E-state index in [0.717, 1.165) is 47.4 Å². The number of rotatable bonds is 2. The fraction of sp³-hybridized carbons (Fsp3) is 0.357. The van der Waals surface area contributed by atoms with Crippen LogP contribution in [0.2, 0.25) is 0 Å². The molecule has 7 nitrogen and oxygen atoms in total. The molecule has 0 unspecified atom stereocenters. The summed E-state index contributed by atoms with van der Waals surface area (Å²) >= 11 is 3.53. The van der Waals surface area contributed by atoms with Crippen LogP contribution >= 0.6 is 15.9 Å². The lowest BCUT2D eigenvalue weighted by Crippen LogP contribution is -2.21. The predicted octanol–water partition coefficient (Wildman–Crippen LogP) is 2.29. The van der Waals surface area contributed by atoms with Crippen LogP contribution in [0, 0.1) is 0 Å². The van der Waals surface area contributed by atoms with E-state index in [2.05, 4.69) is 35.8 Å². The average molecular weight is 363 g/mol. The molecule has 3 aromatic heterocycles. The van der Waals surface area contributed by atoms with Gasteiger partial charge in [-0.3, -0.25) is 4.68 Å². The van der Waals surface area contributed by atoms with Gasteiger partial charge >= 0.3 is 0 Å². The van der Waals surface area contributed by atoms with E-state index in [0.29, 0.717) is 11.9 Å². The van der Waals surface area contributed by atoms with Crippen molar-refractivity contribution < 1.29 is 4.74 Å². The van der Waals surface area contributed by atoms with Crippen LogP contribution in [0.25, 0.3) is 16.8 Å². The van der Waals surface area contributed by atoms with Gasteiger partial charge in [0.05, 0.1) is 11.7 Å². The van der Waals surface area contributed by atoms with E-state index in [4.69, 9.17) is 10.5 Å². The molecule has 8 heteroatoms. The molecule has 1 aliphatic rings. The van der Waals surface area contributed by atoms with Gasteiger partial charge in [-0.05, 0) is 40.9 Å². The molecule has 1 aliphatic heterocycles. The van der Waals surface area contributed by atoms with E-state index in [-0.39, 0.29) is 0 Å². The van der Waals surface area contributed by atoms with E-state index in [1.54, 1.807) is 4.52 Å². The van der Waals surface area contributed by atoms with Crippen molar-refractivity contribution in [3.05, 3.63) is 29.3 Å². The third-order valence-corrected chi connectivity index (χ3v) is 4.59. The van der Waals surface area contributed by atoms with Crippen molar-refractivity contribution in [3.63, 3.8) is 0 Å². The van der Waals surface area contributed by atoms with E-state index >= 15 is 0 Å². The van der Waals surface area contributed by atoms with Gasteiger partial charge in [-0.25, -0.2) is 9.50 Å². The summed E-state index contributed by atoms with van der Waals surface area (Å²) < 4.78 is 10.1. The van der Waals surface area contributed by atoms with Crippen LogP contribution < -0.4 is 5.73 Å². The summed E-state index contributed by atoms with van der Waals surface area (Å²) in [4.78, 5) is 4.11. The number of nitrogens with two attached hydrogens (primary N) is 1. The number of ether oxygens (including phenoxy) is 1. The lowest BCUT2D eigenvalue weighted by atomic mass is 10.1.